The molecule has 4 aromatic rings. The first-order valence-electron chi connectivity index (χ1n) is 14.9. The van der Waals surface area contributed by atoms with Crippen LogP contribution in [0.4, 0.5) is 28.6 Å². The Morgan fingerprint density at radius 1 is 1.07 bits per heavy atom. The van der Waals surface area contributed by atoms with Crippen LogP contribution in [0.25, 0.3) is 11.1 Å². The number of anilines is 5. The first-order chi connectivity index (χ1) is 21.6. The Balaban J connectivity index is 1.28. The average molecular weight is 609 g/mol. The normalized spacial score (nSPS) is 16.1. The minimum Gasteiger partial charge on any atom is -0.481 e. The Morgan fingerprint density at radius 2 is 1.89 bits per heavy atom. The Kier molecular flexibility index (Phi) is 8.03. The minimum absolute atomic E-state index is 0.113. The van der Waals surface area contributed by atoms with Gasteiger partial charge >= 0.3 is 5.97 Å². The number of hydrogen-bond donors (Lipinski definition) is 3. The second-order valence-corrected chi connectivity index (χ2v) is 11.8. The molecule has 2 aliphatic rings. The summed E-state index contributed by atoms with van der Waals surface area (Å²) in [7, 11) is 5.60. The highest BCUT2D eigenvalue weighted by Crippen LogP contribution is 2.35. The Bertz CT molecular complexity index is 1830. The molecule has 0 bridgehead atoms. The number of carbonyl (C=O) groups excluding carboxylic acids is 1. The molecular weight excluding hydrogens is 572 g/mol. The van der Waals surface area contributed by atoms with Crippen molar-refractivity contribution in [3.63, 3.8) is 0 Å². The number of nitrogens with one attached hydrogen (secondary N) is 1. The molecule has 6 rings (SSSR count). The third-order valence-corrected chi connectivity index (χ3v) is 8.69. The van der Waals surface area contributed by atoms with Crippen molar-refractivity contribution in [3.05, 3.63) is 94.0 Å². The third-order valence-electron chi connectivity index (χ3n) is 8.69. The van der Waals surface area contributed by atoms with Crippen LogP contribution in [0.5, 0.6) is 0 Å². The van der Waals surface area contributed by atoms with Gasteiger partial charge in [-0.3, -0.25) is 14.4 Å². The smallest absolute Gasteiger partial charge is 0.308 e. The van der Waals surface area contributed by atoms with E-state index in [-0.39, 0.29) is 18.1 Å². The van der Waals surface area contributed by atoms with E-state index in [4.69, 9.17) is 0 Å². The molecule has 11 nitrogen and oxygen atoms in total. The third kappa shape index (κ3) is 5.74. The maximum absolute atomic E-state index is 13.7. The summed E-state index contributed by atoms with van der Waals surface area (Å²) < 4.78 is 1.47. The van der Waals surface area contributed by atoms with Gasteiger partial charge in [-0.15, -0.1) is 0 Å². The molecule has 1 atom stereocenters. The van der Waals surface area contributed by atoms with Crippen LogP contribution in [0.1, 0.15) is 27.9 Å². The zero-order valence-corrected chi connectivity index (χ0v) is 25.5. The van der Waals surface area contributed by atoms with Gasteiger partial charge in [-0.25, -0.2) is 4.98 Å². The molecule has 45 heavy (non-hydrogen) atoms. The lowest BCUT2D eigenvalue weighted by molar-refractivity contribution is -0.140. The van der Waals surface area contributed by atoms with Gasteiger partial charge in [-0.2, -0.15) is 0 Å². The fourth-order valence-corrected chi connectivity index (χ4v) is 6.18. The predicted octanol–water partition coefficient (Wildman–Crippen LogP) is 3.86. The zero-order chi connectivity index (χ0) is 31.8. The fraction of sp³-hybridized carbons (Fsp3) is 0.294. The fourth-order valence-electron chi connectivity index (χ4n) is 6.18. The van der Waals surface area contributed by atoms with Crippen LogP contribution in [0.2, 0.25) is 0 Å². The van der Waals surface area contributed by atoms with Crippen molar-refractivity contribution in [1.29, 1.82) is 0 Å². The number of carboxylic acids is 1. The number of aliphatic hydroxyl groups is 1. The number of carboxylic acid groups (broad SMARTS) is 1. The summed E-state index contributed by atoms with van der Waals surface area (Å²) in [6.45, 7) is 1.27. The number of aliphatic carboxylic acids is 1. The molecule has 2 aromatic heterocycles. The van der Waals surface area contributed by atoms with Crippen molar-refractivity contribution < 1.29 is 19.8 Å². The molecule has 2 aliphatic heterocycles. The van der Waals surface area contributed by atoms with E-state index in [1.807, 2.05) is 60.3 Å². The number of amides is 1. The number of fused-ring (bicyclic) bond motifs is 1. The summed E-state index contributed by atoms with van der Waals surface area (Å²) in [6.07, 6.45) is 4.66. The van der Waals surface area contributed by atoms with E-state index in [9.17, 15) is 24.6 Å². The quantitative estimate of drug-likeness (QED) is 0.273. The van der Waals surface area contributed by atoms with Gasteiger partial charge in [0.1, 0.15) is 11.5 Å². The van der Waals surface area contributed by atoms with Crippen LogP contribution in [-0.4, -0.2) is 65.4 Å². The Hall–Kier alpha value is -5.16. The molecule has 0 aliphatic carbocycles. The molecule has 0 saturated carbocycles. The number of pyridine rings is 2. The molecule has 1 unspecified atom stereocenters. The van der Waals surface area contributed by atoms with E-state index in [1.165, 1.54) is 4.57 Å². The summed E-state index contributed by atoms with van der Waals surface area (Å²) in [5, 5.41) is 23.0. The molecular formula is C34H36N6O5. The van der Waals surface area contributed by atoms with Crippen LogP contribution < -0.4 is 25.6 Å². The first kappa shape index (κ1) is 29.9. The predicted molar refractivity (Wildman–Crippen MR) is 175 cm³/mol. The first-order valence-corrected chi connectivity index (χ1v) is 14.9. The molecule has 11 heteroatoms. The van der Waals surface area contributed by atoms with Gasteiger partial charge in [0.05, 0.1) is 30.1 Å². The molecule has 232 valence electrons. The summed E-state index contributed by atoms with van der Waals surface area (Å²) in [6, 6.07) is 16.8. The molecule has 4 heterocycles. The van der Waals surface area contributed by atoms with Crippen LogP contribution in [0.3, 0.4) is 0 Å². The van der Waals surface area contributed by atoms with E-state index < -0.39 is 11.9 Å². The molecule has 1 amide bonds. The second-order valence-electron chi connectivity index (χ2n) is 11.8. The van der Waals surface area contributed by atoms with E-state index >= 15 is 0 Å². The number of hydrogen-bond acceptors (Lipinski definition) is 8. The number of rotatable bonds is 8. The van der Waals surface area contributed by atoms with Crippen molar-refractivity contribution in [2.24, 2.45) is 13.0 Å². The SMILES string of the molecule is CN(C)c1ccc2c(c1)CCN(c1cccc(-c3cc(Nc4ccc(N5CCC(C(=O)O)C5)cn4)c(=O)n(C)c3)c1CO)C2=O. The van der Waals surface area contributed by atoms with Crippen molar-refractivity contribution in [1.82, 2.24) is 9.55 Å². The monoisotopic (exact) mass is 608 g/mol. The number of aromatic nitrogens is 2. The summed E-state index contributed by atoms with van der Waals surface area (Å²) in [4.78, 5) is 48.3. The Labute approximate surface area is 261 Å². The number of aliphatic hydroxyl groups excluding tert-OH is 1. The van der Waals surface area contributed by atoms with E-state index in [2.05, 4.69) is 16.4 Å². The lowest BCUT2D eigenvalue weighted by Gasteiger charge is -2.31. The maximum atomic E-state index is 13.7. The molecule has 2 aromatic carbocycles. The van der Waals surface area contributed by atoms with Gasteiger partial charge in [0, 0.05) is 69.4 Å². The highest BCUT2D eigenvalue weighted by molar-refractivity contribution is 6.09. The Morgan fingerprint density at radius 3 is 2.58 bits per heavy atom. The molecule has 0 spiro atoms. The van der Waals surface area contributed by atoms with Gasteiger partial charge in [0.25, 0.3) is 11.5 Å². The lowest BCUT2D eigenvalue weighted by atomic mass is 9.94. The molecule has 0 radical (unpaired) electrons. The lowest BCUT2D eigenvalue weighted by Crippen LogP contribution is -2.38. The van der Waals surface area contributed by atoms with Crippen LogP contribution in [0, 0.1) is 5.92 Å². The highest BCUT2D eigenvalue weighted by Gasteiger charge is 2.29. The molecule has 3 N–H and O–H groups in total. The highest BCUT2D eigenvalue weighted by atomic mass is 16.4. The number of benzene rings is 2. The van der Waals surface area contributed by atoms with E-state index in [0.29, 0.717) is 71.9 Å². The van der Waals surface area contributed by atoms with Crippen LogP contribution >= 0.6 is 0 Å². The number of aryl methyl sites for hydroxylation is 1. The van der Waals surface area contributed by atoms with Crippen molar-refractivity contribution >= 4 is 40.4 Å². The molecule has 1 fully saturated rings. The van der Waals surface area contributed by atoms with E-state index in [1.54, 1.807) is 36.5 Å². The van der Waals surface area contributed by atoms with Crippen LogP contribution in [0.15, 0.2) is 71.8 Å². The second kappa shape index (κ2) is 12.1. The largest absolute Gasteiger partial charge is 0.481 e. The van der Waals surface area contributed by atoms with Gasteiger partial charge in [0.2, 0.25) is 0 Å². The van der Waals surface area contributed by atoms with Gasteiger partial charge < -0.3 is 34.8 Å². The summed E-state index contributed by atoms with van der Waals surface area (Å²) >= 11 is 0. The summed E-state index contributed by atoms with van der Waals surface area (Å²) in [5.41, 5.74) is 6.20. The van der Waals surface area contributed by atoms with E-state index in [0.717, 1.165) is 16.9 Å². The van der Waals surface area contributed by atoms with Gasteiger partial charge in [-0.1, -0.05) is 12.1 Å². The van der Waals surface area contributed by atoms with Crippen LogP contribution in [-0.2, 0) is 24.9 Å². The summed E-state index contributed by atoms with van der Waals surface area (Å²) in [5.74, 6) is -0.830. The van der Waals surface area contributed by atoms with Gasteiger partial charge in [-0.05, 0) is 66.4 Å². The van der Waals surface area contributed by atoms with Crippen molar-refractivity contribution in [3.8, 4) is 11.1 Å². The van der Waals surface area contributed by atoms with Gasteiger partial charge in [0.15, 0.2) is 0 Å². The van der Waals surface area contributed by atoms with Crippen molar-refractivity contribution in [2.45, 2.75) is 19.4 Å². The standard InChI is InChI=1S/C34H36N6O5/c1-37(2)24-7-9-27-21(15-24)12-14-40(32(27)42)30-6-4-5-26(28(30)20-41)23-16-29(33(43)38(3)18-23)36-31-10-8-25(17-35-31)39-13-11-22(19-39)34(44)45/h4-10,15-18,22,41H,11-14,19-20H2,1-3H3,(H,35,36)(H,44,45). The zero-order valence-electron chi connectivity index (χ0n) is 25.5. The van der Waals surface area contributed by atoms with Crippen molar-refractivity contribution in [2.75, 3.05) is 53.7 Å². The topological polar surface area (TPSA) is 131 Å². The number of nitrogens with zero attached hydrogens (tertiary/aromatic N) is 5. The molecule has 1 saturated heterocycles. The minimum atomic E-state index is -0.791. The maximum Gasteiger partial charge on any atom is 0.308 e. The average Bonchev–Trinajstić information content (AvgIpc) is 3.54. The number of carbonyl (C=O) groups is 2.